The van der Waals surface area contributed by atoms with Crippen LogP contribution >= 0.6 is 0 Å². The molecule has 7 nitrogen and oxygen atoms in total. The van der Waals surface area contributed by atoms with Gasteiger partial charge in [-0.25, -0.2) is 4.68 Å². The van der Waals surface area contributed by atoms with Crippen LogP contribution in [-0.4, -0.2) is 52.7 Å². The molecule has 0 radical (unpaired) electrons. The van der Waals surface area contributed by atoms with Crippen LogP contribution in [0.25, 0.3) is 16.9 Å². The summed E-state index contributed by atoms with van der Waals surface area (Å²) in [7, 11) is 0. The Morgan fingerprint density at radius 1 is 1.12 bits per heavy atom. The molecule has 7 heteroatoms. The molecule has 1 aliphatic heterocycles. The zero-order valence-corrected chi connectivity index (χ0v) is 19.7. The average molecular weight is 460 g/mol. The number of primary amides is 1. The van der Waals surface area contributed by atoms with E-state index in [1.807, 2.05) is 42.5 Å². The van der Waals surface area contributed by atoms with Crippen molar-refractivity contribution in [2.45, 2.75) is 32.6 Å². The van der Waals surface area contributed by atoms with Crippen LogP contribution < -0.4 is 11.1 Å². The van der Waals surface area contributed by atoms with E-state index in [0.29, 0.717) is 24.3 Å². The Morgan fingerprint density at radius 3 is 2.59 bits per heavy atom. The minimum Gasteiger partial charge on any atom is -0.369 e. The zero-order valence-electron chi connectivity index (χ0n) is 19.7. The summed E-state index contributed by atoms with van der Waals surface area (Å²) in [5.41, 5.74) is 9.77. The van der Waals surface area contributed by atoms with Gasteiger partial charge in [-0.05, 0) is 56.5 Å². The SMILES string of the molecule is CCc1ccc(-c2nn(-c3ccccc3)cc2C(=O)NCCCN2CCCC(C(N)=O)C2)cc1. The molecular formula is C27H33N5O2. The number of rotatable bonds is 9. The molecule has 0 bridgehead atoms. The van der Waals surface area contributed by atoms with Gasteiger partial charge >= 0.3 is 0 Å². The Balaban J connectivity index is 1.44. The van der Waals surface area contributed by atoms with Crippen molar-refractivity contribution in [1.29, 1.82) is 0 Å². The van der Waals surface area contributed by atoms with Gasteiger partial charge in [0.2, 0.25) is 5.91 Å². The minimum absolute atomic E-state index is 0.0613. The highest BCUT2D eigenvalue weighted by Crippen LogP contribution is 2.24. The lowest BCUT2D eigenvalue weighted by molar-refractivity contribution is -0.123. The largest absolute Gasteiger partial charge is 0.369 e. The second-order valence-corrected chi connectivity index (χ2v) is 8.87. The van der Waals surface area contributed by atoms with E-state index in [4.69, 9.17) is 10.8 Å². The number of carbonyl (C=O) groups is 2. The van der Waals surface area contributed by atoms with Crippen LogP contribution in [0.3, 0.4) is 0 Å². The molecule has 2 amide bonds. The lowest BCUT2D eigenvalue weighted by Crippen LogP contribution is -2.42. The molecule has 178 valence electrons. The van der Waals surface area contributed by atoms with E-state index in [0.717, 1.165) is 50.0 Å². The number of carbonyl (C=O) groups excluding carboxylic acids is 2. The van der Waals surface area contributed by atoms with E-state index in [1.54, 1.807) is 10.9 Å². The van der Waals surface area contributed by atoms with Gasteiger partial charge < -0.3 is 16.0 Å². The number of para-hydroxylation sites is 1. The molecule has 2 heterocycles. The third-order valence-electron chi connectivity index (χ3n) is 6.46. The van der Waals surface area contributed by atoms with E-state index < -0.39 is 0 Å². The predicted octanol–water partition coefficient (Wildman–Crippen LogP) is 3.42. The first-order chi connectivity index (χ1) is 16.5. The number of nitrogens with one attached hydrogen (secondary N) is 1. The fourth-order valence-corrected chi connectivity index (χ4v) is 4.46. The Kier molecular flexibility index (Phi) is 7.75. The van der Waals surface area contributed by atoms with Gasteiger partial charge in [-0.1, -0.05) is 49.4 Å². The average Bonchev–Trinajstić information content (AvgIpc) is 3.33. The third kappa shape index (κ3) is 5.72. The molecule has 0 saturated carbocycles. The van der Waals surface area contributed by atoms with Gasteiger partial charge in [0, 0.05) is 24.8 Å². The number of benzene rings is 2. The second-order valence-electron chi connectivity index (χ2n) is 8.87. The second kappa shape index (κ2) is 11.1. The first-order valence-electron chi connectivity index (χ1n) is 12.1. The van der Waals surface area contributed by atoms with Crippen LogP contribution in [-0.2, 0) is 11.2 Å². The lowest BCUT2D eigenvalue weighted by Gasteiger charge is -2.31. The maximum Gasteiger partial charge on any atom is 0.255 e. The number of aromatic nitrogens is 2. The van der Waals surface area contributed by atoms with Crippen LogP contribution in [0.5, 0.6) is 0 Å². The highest BCUT2D eigenvalue weighted by Gasteiger charge is 2.23. The van der Waals surface area contributed by atoms with Gasteiger partial charge in [-0.15, -0.1) is 0 Å². The maximum absolute atomic E-state index is 13.2. The van der Waals surface area contributed by atoms with E-state index >= 15 is 0 Å². The van der Waals surface area contributed by atoms with Crippen LogP contribution in [0, 0.1) is 5.92 Å². The smallest absolute Gasteiger partial charge is 0.255 e. The highest BCUT2D eigenvalue weighted by atomic mass is 16.2. The van der Waals surface area contributed by atoms with Crippen molar-refractivity contribution in [1.82, 2.24) is 20.0 Å². The molecule has 1 atom stereocenters. The zero-order chi connectivity index (χ0) is 23.9. The van der Waals surface area contributed by atoms with Crippen molar-refractivity contribution in [3.8, 4) is 16.9 Å². The first-order valence-corrected chi connectivity index (χ1v) is 12.1. The quantitative estimate of drug-likeness (QED) is 0.480. The van der Waals surface area contributed by atoms with Crippen LogP contribution in [0.1, 0.15) is 42.1 Å². The van der Waals surface area contributed by atoms with Crippen molar-refractivity contribution >= 4 is 11.8 Å². The van der Waals surface area contributed by atoms with Gasteiger partial charge in [0.25, 0.3) is 5.91 Å². The monoisotopic (exact) mass is 459 g/mol. The molecule has 3 aromatic rings. The summed E-state index contributed by atoms with van der Waals surface area (Å²) in [6, 6.07) is 18.0. The molecule has 0 spiro atoms. The summed E-state index contributed by atoms with van der Waals surface area (Å²) in [5.74, 6) is -0.410. The first kappa shape index (κ1) is 23.7. The Morgan fingerprint density at radius 2 is 1.88 bits per heavy atom. The Labute approximate surface area is 200 Å². The van der Waals surface area contributed by atoms with E-state index in [-0.39, 0.29) is 17.7 Å². The molecule has 1 saturated heterocycles. The topological polar surface area (TPSA) is 93.2 Å². The predicted molar refractivity (Wildman–Crippen MR) is 134 cm³/mol. The van der Waals surface area contributed by atoms with Gasteiger partial charge in [-0.3, -0.25) is 9.59 Å². The molecule has 34 heavy (non-hydrogen) atoms. The number of amides is 2. The van der Waals surface area contributed by atoms with E-state index in [9.17, 15) is 9.59 Å². The van der Waals surface area contributed by atoms with Crippen LogP contribution in [0.15, 0.2) is 60.8 Å². The number of nitrogens with two attached hydrogens (primary N) is 1. The summed E-state index contributed by atoms with van der Waals surface area (Å²) in [5, 5.41) is 7.82. The molecular weight excluding hydrogens is 426 g/mol. The number of nitrogens with zero attached hydrogens (tertiary/aromatic N) is 3. The van der Waals surface area contributed by atoms with Gasteiger partial charge in [0.05, 0.1) is 17.2 Å². The Hall–Kier alpha value is -3.45. The number of likely N-dealkylation sites (tertiary alicyclic amines) is 1. The van der Waals surface area contributed by atoms with Crippen molar-refractivity contribution in [2.75, 3.05) is 26.2 Å². The summed E-state index contributed by atoms with van der Waals surface area (Å²) in [6.07, 6.45) is 5.43. The molecule has 2 aromatic carbocycles. The fourth-order valence-electron chi connectivity index (χ4n) is 4.46. The lowest BCUT2D eigenvalue weighted by atomic mass is 9.97. The molecule has 4 rings (SSSR count). The summed E-state index contributed by atoms with van der Waals surface area (Å²) in [6.45, 7) is 5.19. The van der Waals surface area contributed by atoms with E-state index in [2.05, 4.69) is 29.3 Å². The third-order valence-corrected chi connectivity index (χ3v) is 6.46. The Bertz CT molecular complexity index is 1110. The molecule has 1 aromatic heterocycles. The summed E-state index contributed by atoms with van der Waals surface area (Å²) in [4.78, 5) is 26.9. The molecule has 1 fully saturated rings. The molecule has 1 unspecified atom stereocenters. The summed E-state index contributed by atoms with van der Waals surface area (Å²) >= 11 is 0. The van der Waals surface area contributed by atoms with Gasteiger partial charge in [0.1, 0.15) is 5.69 Å². The maximum atomic E-state index is 13.2. The van der Waals surface area contributed by atoms with E-state index in [1.165, 1.54) is 5.56 Å². The van der Waals surface area contributed by atoms with Crippen molar-refractivity contribution in [2.24, 2.45) is 11.7 Å². The van der Waals surface area contributed by atoms with Gasteiger partial charge in [-0.2, -0.15) is 5.10 Å². The minimum atomic E-state index is -0.215. The fraction of sp³-hybridized carbons (Fsp3) is 0.370. The standard InChI is InChI=1S/C27H33N5O2/c1-2-20-11-13-21(14-12-20)25-24(19-32(30-25)23-9-4-3-5-10-23)27(34)29-15-7-17-31-16-6-8-22(18-31)26(28)33/h3-5,9-14,19,22H,2,6-8,15-18H2,1H3,(H2,28,33)(H,29,34). The van der Waals surface area contributed by atoms with Crippen molar-refractivity contribution < 1.29 is 9.59 Å². The normalized spacial score (nSPS) is 16.3. The van der Waals surface area contributed by atoms with Crippen molar-refractivity contribution in [3.63, 3.8) is 0 Å². The number of hydrogen-bond acceptors (Lipinski definition) is 4. The summed E-state index contributed by atoms with van der Waals surface area (Å²) < 4.78 is 1.76. The van der Waals surface area contributed by atoms with Crippen LogP contribution in [0.2, 0.25) is 0 Å². The molecule has 3 N–H and O–H groups in total. The highest BCUT2D eigenvalue weighted by molar-refractivity contribution is 5.99. The number of hydrogen-bond donors (Lipinski definition) is 2. The molecule has 1 aliphatic rings. The number of aryl methyl sites for hydroxylation is 1. The van der Waals surface area contributed by atoms with Crippen molar-refractivity contribution in [3.05, 3.63) is 71.9 Å². The number of piperidine rings is 1. The van der Waals surface area contributed by atoms with Gasteiger partial charge in [0.15, 0.2) is 0 Å². The molecule has 0 aliphatic carbocycles. The van der Waals surface area contributed by atoms with Crippen LogP contribution in [0.4, 0.5) is 0 Å².